The third-order valence-corrected chi connectivity index (χ3v) is 3.32. The van der Waals surface area contributed by atoms with Crippen LogP contribution < -0.4 is 10.6 Å². The molecule has 0 amide bonds. The molecule has 2 N–H and O–H groups in total. The van der Waals surface area contributed by atoms with Crippen molar-refractivity contribution < 1.29 is 9.47 Å². The van der Waals surface area contributed by atoms with Crippen LogP contribution in [-0.4, -0.2) is 46.1 Å². The largest absolute Gasteiger partial charge is 0.383 e. The molecule has 4 nitrogen and oxygen atoms in total. The Balaban J connectivity index is 2.99. The minimum atomic E-state index is 0.151. The molecule has 0 saturated carbocycles. The van der Waals surface area contributed by atoms with Crippen LogP contribution in [0.3, 0.4) is 0 Å². The molecule has 4 heteroatoms. The van der Waals surface area contributed by atoms with Gasteiger partial charge in [0.15, 0.2) is 0 Å². The molecule has 0 bridgehead atoms. The van der Waals surface area contributed by atoms with E-state index >= 15 is 0 Å². The highest BCUT2D eigenvalue weighted by molar-refractivity contribution is 5.54. The molecule has 0 aliphatic heterocycles. The summed E-state index contributed by atoms with van der Waals surface area (Å²) in [6.45, 7) is 6.43. The minimum Gasteiger partial charge on any atom is -0.383 e. The lowest BCUT2D eigenvalue weighted by Crippen LogP contribution is -2.39. The van der Waals surface area contributed by atoms with Crippen molar-refractivity contribution in [2.75, 3.05) is 38.9 Å². The number of benzene rings is 1. The zero-order valence-corrected chi connectivity index (χ0v) is 13.1. The molecule has 0 saturated heterocycles. The predicted molar refractivity (Wildman–Crippen MR) is 84.4 cm³/mol. The number of para-hydroxylation sites is 1. The number of rotatable bonds is 9. The zero-order valence-electron chi connectivity index (χ0n) is 13.1. The minimum absolute atomic E-state index is 0.151. The number of nitrogens with zero attached hydrogens (tertiary/aromatic N) is 1. The van der Waals surface area contributed by atoms with Crippen LogP contribution in [0, 0.1) is 0 Å². The molecule has 0 spiro atoms. The van der Waals surface area contributed by atoms with Crippen molar-refractivity contribution in [1.82, 2.24) is 0 Å². The summed E-state index contributed by atoms with van der Waals surface area (Å²) in [5, 5.41) is 0. The lowest BCUT2D eigenvalue weighted by Gasteiger charge is -2.32. The molecule has 2 unspecified atom stereocenters. The molecule has 0 radical (unpaired) electrons. The van der Waals surface area contributed by atoms with Crippen LogP contribution in [0.15, 0.2) is 24.3 Å². The summed E-state index contributed by atoms with van der Waals surface area (Å²) in [4.78, 5) is 2.34. The molecule has 0 fully saturated rings. The third kappa shape index (κ3) is 5.12. The maximum absolute atomic E-state index is 5.96. The van der Waals surface area contributed by atoms with E-state index in [4.69, 9.17) is 15.2 Å². The molecule has 0 aliphatic rings. The van der Waals surface area contributed by atoms with Crippen LogP contribution in [0.1, 0.15) is 19.4 Å². The normalized spacial score (nSPS) is 14.1. The van der Waals surface area contributed by atoms with Crippen LogP contribution in [0.5, 0.6) is 0 Å². The van der Waals surface area contributed by atoms with Gasteiger partial charge < -0.3 is 20.1 Å². The first-order valence-corrected chi connectivity index (χ1v) is 7.18. The summed E-state index contributed by atoms with van der Waals surface area (Å²) >= 11 is 0. The second-order valence-electron chi connectivity index (χ2n) is 5.30. The Labute approximate surface area is 122 Å². The second kappa shape index (κ2) is 8.95. The van der Waals surface area contributed by atoms with Gasteiger partial charge in [0.1, 0.15) is 0 Å². The van der Waals surface area contributed by atoms with Gasteiger partial charge in [-0.25, -0.2) is 0 Å². The van der Waals surface area contributed by atoms with Gasteiger partial charge in [-0.1, -0.05) is 18.2 Å². The Morgan fingerprint density at radius 2 is 1.85 bits per heavy atom. The summed E-state index contributed by atoms with van der Waals surface area (Å²) in [5.74, 6) is 0. The summed E-state index contributed by atoms with van der Waals surface area (Å²) in [7, 11) is 3.46. The molecule has 2 atom stereocenters. The number of anilines is 1. The van der Waals surface area contributed by atoms with Gasteiger partial charge in [-0.3, -0.25) is 0 Å². The zero-order chi connectivity index (χ0) is 15.0. The van der Waals surface area contributed by atoms with E-state index in [2.05, 4.69) is 36.1 Å². The summed E-state index contributed by atoms with van der Waals surface area (Å²) in [5.41, 5.74) is 8.47. The quantitative estimate of drug-likeness (QED) is 0.752. The topological polar surface area (TPSA) is 47.7 Å². The van der Waals surface area contributed by atoms with Crippen LogP contribution in [0.4, 0.5) is 5.69 Å². The Bertz CT molecular complexity index is 382. The van der Waals surface area contributed by atoms with Gasteiger partial charge in [0.2, 0.25) is 0 Å². The number of hydrogen-bond donors (Lipinski definition) is 1. The molecule has 114 valence electrons. The molecule has 20 heavy (non-hydrogen) atoms. The molecule has 0 aromatic heterocycles. The SMILES string of the molecule is COCCN(c1ccccc1CC(C)N)C(C)COC. The smallest absolute Gasteiger partial charge is 0.0663 e. The van der Waals surface area contributed by atoms with Crippen molar-refractivity contribution >= 4 is 5.69 Å². The number of nitrogens with two attached hydrogens (primary N) is 1. The van der Waals surface area contributed by atoms with Gasteiger partial charge in [-0.05, 0) is 31.9 Å². The molecule has 1 aromatic carbocycles. The average molecular weight is 280 g/mol. The fourth-order valence-corrected chi connectivity index (χ4v) is 2.41. The average Bonchev–Trinajstić information content (AvgIpc) is 2.40. The van der Waals surface area contributed by atoms with E-state index in [1.165, 1.54) is 11.3 Å². The second-order valence-corrected chi connectivity index (χ2v) is 5.30. The molecular formula is C16H28N2O2. The Morgan fingerprint density at radius 1 is 1.15 bits per heavy atom. The Kier molecular flexibility index (Phi) is 7.59. The highest BCUT2D eigenvalue weighted by Gasteiger charge is 2.17. The predicted octanol–water partition coefficient (Wildman–Crippen LogP) is 2.06. The van der Waals surface area contributed by atoms with Crippen molar-refractivity contribution in [3.05, 3.63) is 29.8 Å². The van der Waals surface area contributed by atoms with E-state index in [-0.39, 0.29) is 6.04 Å². The monoisotopic (exact) mass is 280 g/mol. The first-order valence-electron chi connectivity index (χ1n) is 7.18. The van der Waals surface area contributed by atoms with Gasteiger partial charge in [-0.2, -0.15) is 0 Å². The third-order valence-electron chi connectivity index (χ3n) is 3.32. The van der Waals surface area contributed by atoms with Gasteiger partial charge in [0.05, 0.1) is 13.2 Å². The molecule has 1 rings (SSSR count). The van der Waals surface area contributed by atoms with Crippen molar-refractivity contribution in [3.63, 3.8) is 0 Å². The van der Waals surface area contributed by atoms with Gasteiger partial charge in [-0.15, -0.1) is 0 Å². The van der Waals surface area contributed by atoms with Crippen molar-refractivity contribution in [2.45, 2.75) is 32.4 Å². The Morgan fingerprint density at radius 3 is 2.45 bits per heavy atom. The number of methoxy groups -OCH3 is 2. The van der Waals surface area contributed by atoms with Gasteiger partial charge in [0, 0.05) is 38.5 Å². The van der Waals surface area contributed by atoms with Crippen LogP contribution in [0.2, 0.25) is 0 Å². The molecule has 1 aromatic rings. The first-order chi connectivity index (χ1) is 9.60. The van der Waals surface area contributed by atoms with E-state index < -0.39 is 0 Å². The van der Waals surface area contributed by atoms with Gasteiger partial charge in [0.25, 0.3) is 0 Å². The molecular weight excluding hydrogens is 252 g/mol. The van der Waals surface area contributed by atoms with Crippen LogP contribution >= 0.6 is 0 Å². The maximum atomic E-state index is 5.96. The fraction of sp³-hybridized carbons (Fsp3) is 0.625. The van der Waals surface area contributed by atoms with E-state index in [0.29, 0.717) is 19.3 Å². The van der Waals surface area contributed by atoms with Crippen molar-refractivity contribution in [2.24, 2.45) is 5.73 Å². The standard InChI is InChI=1S/C16H28N2O2/c1-13(17)11-15-7-5-6-8-16(15)18(9-10-19-3)14(2)12-20-4/h5-8,13-14H,9-12,17H2,1-4H3. The molecule has 0 aliphatic carbocycles. The lowest BCUT2D eigenvalue weighted by molar-refractivity contribution is 0.171. The highest BCUT2D eigenvalue weighted by Crippen LogP contribution is 2.23. The van der Waals surface area contributed by atoms with E-state index in [1.807, 2.05) is 6.92 Å². The summed E-state index contributed by atoms with van der Waals surface area (Å²) in [6.07, 6.45) is 0.874. The van der Waals surface area contributed by atoms with Gasteiger partial charge >= 0.3 is 0 Å². The number of hydrogen-bond acceptors (Lipinski definition) is 4. The lowest BCUT2D eigenvalue weighted by atomic mass is 10.0. The maximum Gasteiger partial charge on any atom is 0.0663 e. The van der Waals surface area contributed by atoms with E-state index in [9.17, 15) is 0 Å². The van der Waals surface area contributed by atoms with Crippen LogP contribution in [-0.2, 0) is 15.9 Å². The van der Waals surface area contributed by atoms with Crippen molar-refractivity contribution in [3.8, 4) is 0 Å². The van der Waals surface area contributed by atoms with E-state index in [1.54, 1.807) is 14.2 Å². The first kappa shape index (κ1) is 17.0. The molecule has 0 heterocycles. The van der Waals surface area contributed by atoms with Crippen LogP contribution in [0.25, 0.3) is 0 Å². The fourth-order valence-electron chi connectivity index (χ4n) is 2.41. The van der Waals surface area contributed by atoms with Crippen molar-refractivity contribution in [1.29, 1.82) is 0 Å². The Hall–Kier alpha value is -1.10. The summed E-state index contributed by atoms with van der Waals surface area (Å²) in [6, 6.07) is 8.88. The van der Waals surface area contributed by atoms with E-state index in [0.717, 1.165) is 13.0 Å². The highest BCUT2D eigenvalue weighted by atomic mass is 16.5. The summed E-state index contributed by atoms with van der Waals surface area (Å²) < 4.78 is 10.5. The number of ether oxygens (including phenoxy) is 2.